The van der Waals surface area contributed by atoms with Crippen LogP contribution in [-0.2, 0) is 14.8 Å². The van der Waals surface area contributed by atoms with E-state index in [1.165, 1.54) is 38.0 Å². The molecular formula is C19H19ClN4O3S2. The summed E-state index contributed by atoms with van der Waals surface area (Å²) in [5, 5.41) is 4.08. The van der Waals surface area contributed by atoms with Crippen LogP contribution in [0.1, 0.15) is 0 Å². The minimum atomic E-state index is -3.50. The van der Waals surface area contributed by atoms with Crippen molar-refractivity contribution in [2.75, 3.05) is 25.2 Å². The molecule has 3 rings (SSSR count). The van der Waals surface area contributed by atoms with Gasteiger partial charge in [0.25, 0.3) is 0 Å². The predicted octanol–water partition coefficient (Wildman–Crippen LogP) is 3.51. The van der Waals surface area contributed by atoms with Crippen molar-refractivity contribution >= 4 is 45.0 Å². The Morgan fingerprint density at radius 3 is 2.41 bits per heavy atom. The Balaban J connectivity index is 1.61. The van der Waals surface area contributed by atoms with E-state index in [-0.39, 0.29) is 16.6 Å². The third kappa shape index (κ3) is 5.18. The molecule has 0 fully saturated rings. The van der Waals surface area contributed by atoms with Gasteiger partial charge in [-0.25, -0.2) is 17.7 Å². The Hall–Kier alpha value is -2.33. The van der Waals surface area contributed by atoms with Gasteiger partial charge in [-0.2, -0.15) is 0 Å². The van der Waals surface area contributed by atoms with Crippen molar-refractivity contribution in [2.45, 2.75) is 10.1 Å². The molecule has 1 aromatic heterocycles. The fourth-order valence-electron chi connectivity index (χ4n) is 2.44. The summed E-state index contributed by atoms with van der Waals surface area (Å²) >= 11 is 7.22. The summed E-state index contributed by atoms with van der Waals surface area (Å²) in [5.41, 5.74) is 1.42. The molecule has 0 aliphatic rings. The van der Waals surface area contributed by atoms with Crippen molar-refractivity contribution in [1.82, 2.24) is 13.9 Å². The first-order chi connectivity index (χ1) is 13.8. The zero-order valence-electron chi connectivity index (χ0n) is 15.7. The largest absolute Gasteiger partial charge is 0.325 e. The third-order valence-corrected chi connectivity index (χ3v) is 7.01. The summed E-state index contributed by atoms with van der Waals surface area (Å²) in [6.07, 6.45) is 3.48. The number of rotatable bonds is 7. The molecule has 1 heterocycles. The zero-order valence-corrected chi connectivity index (χ0v) is 18.1. The molecule has 0 aliphatic carbocycles. The van der Waals surface area contributed by atoms with Crippen LogP contribution in [0.3, 0.4) is 0 Å². The number of imidazole rings is 1. The van der Waals surface area contributed by atoms with Crippen molar-refractivity contribution in [1.29, 1.82) is 0 Å². The van der Waals surface area contributed by atoms with Crippen LogP contribution in [0.5, 0.6) is 0 Å². The number of aromatic nitrogens is 2. The van der Waals surface area contributed by atoms with E-state index in [1.807, 2.05) is 22.9 Å². The molecule has 3 aromatic rings. The summed E-state index contributed by atoms with van der Waals surface area (Å²) in [6.45, 7) is 0. The standard InChI is InChI=1S/C19H19ClN4O3S2/c1-23(2)29(26,27)17-9-5-15(6-10-17)22-18(25)13-28-19-21-11-12-24(19)16-7-3-14(20)4-8-16/h3-12H,13H2,1-2H3,(H,22,25). The van der Waals surface area contributed by atoms with Gasteiger partial charge in [-0.1, -0.05) is 23.4 Å². The molecule has 0 aliphatic heterocycles. The quantitative estimate of drug-likeness (QED) is 0.557. The number of thioether (sulfide) groups is 1. The first-order valence-corrected chi connectivity index (χ1v) is 11.3. The second-order valence-electron chi connectivity index (χ2n) is 6.20. The Bertz CT molecular complexity index is 1100. The molecular weight excluding hydrogens is 432 g/mol. The topological polar surface area (TPSA) is 84.3 Å². The lowest BCUT2D eigenvalue weighted by Gasteiger charge is -2.12. The van der Waals surface area contributed by atoms with Gasteiger partial charge in [-0.15, -0.1) is 0 Å². The van der Waals surface area contributed by atoms with Crippen LogP contribution >= 0.6 is 23.4 Å². The highest BCUT2D eigenvalue weighted by Gasteiger charge is 2.17. The lowest BCUT2D eigenvalue weighted by molar-refractivity contribution is -0.113. The molecule has 10 heteroatoms. The molecule has 0 saturated carbocycles. The summed E-state index contributed by atoms with van der Waals surface area (Å²) in [4.78, 5) is 16.7. The molecule has 2 aromatic carbocycles. The van der Waals surface area contributed by atoms with Crippen LogP contribution in [0.2, 0.25) is 5.02 Å². The molecule has 0 atom stereocenters. The molecule has 0 bridgehead atoms. The van der Waals surface area contributed by atoms with Gasteiger partial charge in [0.2, 0.25) is 15.9 Å². The molecule has 29 heavy (non-hydrogen) atoms. The van der Waals surface area contributed by atoms with Crippen LogP contribution in [-0.4, -0.2) is 48.0 Å². The highest BCUT2D eigenvalue weighted by Crippen LogP contribution is 2.22. The molecule has 0 saturated heterocycles. The number of hydrogen-bond donors (Lipinski definition) is 1. The molecule has 152 valence electrons. The molecule has 0 spiro atoms. The number of amides is 1. The van der Waals surface area contributed by atoms with Gasteiger partial charge in [-0.05, 0) is 48.5 Å². The Morgan fingerprint density at radius 1 is 1.14 bits per heavy atom. The fourth-order valence-corrected chi connectivity index (χ4v) is 4.24. The van der Waals surface area contributed by atoms with Crippen molar-refractivity contribution in [2.24, 2.45) is 0 Å². The minimum absolute atomic E-state index is 0.155. The van der Waals surface area contributed by atoms with Crippen molar-refractivity contribution in [3.63, 3.8) is 0 Å². The van der Waals surface area contributed by atoms with Gasteiger partial charge in [-0.3, -0.25) is 9.36 Å². The van der Waals surface area contributed by atoms with Crippen molar-refractivity contribution < 1.29 is 13.2 Å². The van der Waals surface area contributed by atoms with E-state index in [4.69, 9.17) is 11.6 Å². The monoisotopic (exact) mass is 450 g/mol. The zero-order chi connectivity index (χ0) is 21.0. The van der Waals surface area contributed by atoms with E-state index in [0.29, 0.717) is 15.9 Å². The summed E-state index contributed by atoms with van der Waals surface area (Å²) in [5.74, 6) is -0.0635. The van der Waals surface area contributed by atoms with Gasteiger partial charge in [0.15, 0.2) is 5.16 Å². The maximum atomic E-state index is 12.3. The summed E-state index contributed by atoms with van der Waals surface area (Å²) in [6, 6.07) is 13.4. The highest BCUT2D eigenvalue weighted by atomic mass is 35.5. The minimum Gasteiger partial charge on any atom is -0.325 e. The van der Waals surface area contributed by atoms with Crippen LogP contribution in [0.4, 0.5) is 5.69 Å². The lowest BCUT2D eigenvalue weighted by Crippen LogP contribution is -2.22. The molecule has 0 unspecified atom stereocenters. The van der Waals surface area contributed by atoms with Crippen LogP contribution in [0.25, 0.3) is 5.69 Å². The predicted molar refractivity (Wildman–Crippen MR) is 115 cm³/mol. The van der Waals surface area contributed by atoms with Gasteiger partial charge < -0.3 is 5.32 Å². The number of sulfonamides is 1. The number of nitrogens with zero attached hydrogens (tertiary/aromatic N) is 3. The van der Waals surface area contributed by atoms with Crippen LogP contribution < -0.4 is 5.32 Å². The SMILES string of the molecule is CN(C)S(=O)(=O)c1ccc(NC(=O)CSc2nccn2-c2ccc(Cl)cc2)cc1. The summed E-state index contributed by atoms with van der Waals surface area (Å²) < 4.78 is 27.2. The van der Waals surface area contributed by atoms with Gasteiger partial charge in [0.05, 0.1) is 10.6 Å². The number of anilines is 1. The summed E-state index contributed by atoms with van der Waals surface area (Å²) in [7, 11) is -0.562. The molecule has 0 radical (unpaired) electrons. The maximum Gasteiger partial charge on any atom is 0.242 e. The number of hydrogen-bond acceptors (Lipinski definition) is 5. The van der Waals surface area contributed by atoms with Crippen molar-refractivity contribution in [3.05, 3.63) is 65.9 Å². The van der Waals surface area contributed by atoms with E-state index in [1.54, 1.807) is 30.5 Å². The highest BCUT2D eigenvalue weighted by molar-refractivity contribution is 7.99. The second-order valence-corrected chi connectivity index (χ2v) is 9.74. The van der Waals surface area contributed by atoms with Crippen LogP contribution in [0, 0.1) is 0 Å². The number of carbonyl (C=O) groups excluding carboxylic acids is 1. The number of halogens is 1. The van der Waals surface area contributed by atoms with Gasteiger partial charge in [0.1, 0.15) is 0 Å². The molecule has 1 N–H and O–H groups in total. The Morgan fingerprint density at radius 2 is 1.79 bits per heavy atom. The Labute approximate surface area is 178 Å². The molecule has 1 amide bonds. The van der Waals surface area contributed by atoms with E-state index >= 15 is 0 Å². The smallest absolute Gasteiger partial charge is 0.242 e. The maximum absolute atomic E-state index is 12.3. The number of carbonyl (C=O) groups is 1. The Kier molecular flexibility index (Phi) is 6.63. The average molecular weight is 451 g/mol. The number of benzene rings is 2. The van der Waals surface area contributed by atoms with Crippen molar-refractivity contribution in [3.8, 4) is 5.69 Å². The van der Waals surface area contributed by atoms with Gasteiger partial charge in [0, 0.05) is 42.9 Å². The van der Waals surface area contributed by atoms with E-state index in [2.05, 4.69) is 10.3 Å². The normalized spacial score (nSPS) is 11.6. The van der Waals surface area contributed by atoms with E-state index in [9.17, 15) is 13.2 Å². The third-order valence-electron chi connectivity index (χ3n) is 3.96. The first-order valence-electron chi connectivity index (χ1n) is 8.52. The van der Waals surface area contributed by atoms with Gasteiger partial charge >= 0.3 is 0 Å². The number of nitrogens with one attached hydrogen (secondary N) is 1. The first kappa shape index (κ1) is 21.4. The second kappa shape index (κ2) is 9.00. The van der Waals surface area contributed by atoms with E-state index in [0.717, 1.165) is 9.99 Å². The average Bonchev–Trinajstić information content (AvgIpc) is 3.16. The van der Waals surface area contributed by atoms with Crippen LogP contribution in [0.15, 0.2) is 71.0 Å². The lowest BCUT2D eigenvalue weighted by atomic mass is 10.3. The molecule has 7 nitrogen and oxygen atoms in total. The fraction of sp³-hybridized carbons (Fsp3) is 0.158. The van der Waals surface area contributed by atoms with E-state index < -0.39 is 10.0 Å².